The van der Waals surface area contributed by atoms with Crippen molar-refractivity contribution in [2.75, 3.05) is 32.7 Å². The standard InChI is InChI=1S/C28H26ClN3O5/c1-35-25-12-9-20(16-26(25)36-2)13-14-31-28(34)21(17-30)15-19-7-10-22(11-8-19)37-18-27(33)32-24-6-4-3-5-23(24)29/h3-12,15-16H,13-14,18H2,1-2H3,(H,31,34)(H,32,33)/b21-15+. The number of halogens is 1. The minimum absolute atomic E-state index is 0.0277. The van der Waals surface area contributed by atoms with E-state index in [4.69, 9.17) is 25.8 Å². The molecule has 0 aromatic heterocycles. The van der Waals surface area contributed by atoms with Gasteiger partial charge in [-0.15, -0.1) is 0 Å². The molecule has 0 spiro atoms. The Balaban J connectivity index is 1.51. The van der Waals surface area contributed by atoms with Crippen LogP contribution >= 0.6 is 11.6 Å². The van der Waals surface area contributed by atoms with E-state index < -0.39 is 5.91 Å². The molecule has 9 heteroatoms. The molecule has 0 fully saturated rings. The van der Waals surface area contributed by atoms with E-state index in [1.54, 1.807) is 68.8 Å². The minimum atomic E-state index is -0.473. The summed E-state index contributed by atoms with van der Waals surface area (Å²) in [7, 11) is 3.13. The molecule has 190 valence electrons. The van der Waals surface area contributed by atoms with E-state index in [-0.39, 0.29) is 18.1 Å². The maximum absolute atomic E-state index is 12.5. The van der Waals surface area contributed by atoms with E-state index in [9.17, 15) is 14.9 Å². The molecule has 2 amide bonds. The summed E-state index contributed by atoms with van der Waals surface area (Å²) in [6, 6.07) is 21.1. The molecule has 0 atom stereocenters. The number of hydrogen-bond acceptors (Lipinski definition) is 6. The average molecular weight is 520 g/mol. The van der Waals surface area contributed by atoms with Gasteiger partial charge in [-0.1, -0.05) is 41.9 Å². The van der Waals surface area contributed by atoms with Gasteiger partial charge in [-0.3, -0.25) is 9.59 Å². The van der Waals surface area contributed by atoms with Crippen LogP contribution in [-0.2, 0) is 16.0 Å². The first-order valence-corrected chi connectivity index (χ1v) is 11.7. The van der Waals surface area contributed by atoms with Gasteiger partial charge in [0.2, 0.25) is 0 Å². The molecule has 0 radical (unpaired) electrons. The van der Waals surface area contributed by atoms with Crippen molar-refractivity contribution in [3.8, 4) is 23.3 Å². The predicted molar refractivity (Wildman–Crippen MR) is 142 cm³/mol. The first-order chi connectivity index (χ1) is 17.9. The number of anilines is 1. The van der Waals surface area contributed by atoms with Crippen molar-refractivity contribution < 1.29 is 23.8 Å². The van der Waals surface area contributed by atoms with Crippen LogP contribution in [0.5, 0.6) is 17.2 Å². The Bertz CT molecular complexity index is 1320. The van der Waals surface area contributed by atoms with Crippen LogP contribution < -0.4 is 24.8 Å². The Kier molecular flexibility index (Phi) is 9.94. The lowest BCUT2D eigenvalue weighted by Gasteiger charge is -2.10. The third kappa shape index (κ3) is 8.02. The molecule has 37 heavy (non-hydrogen) atoms. The number of nitriles is 1. The molecule has 0 bridgehead atoms. The van der Waals surface area contributed by atoms with E-state index in [2.05, 4.69) is 10.6 Å². The second-order valence-corrected chi connectivity index (χ2v) is 8.16. The maximum atomic E-state index is 12.5. The van der Waals surface area contributed by atoms with E-state index >= 15 is 0 Å². The molecule has 3 aromatic rings. The Morgan fingerprint density at radius 3 is 2.41 bits per heavy atom. The Morgan fingerprint density at radius 2 is 1.73 bits per heavy atom. The van der Waals surface area contributed by atoms with Crippen LogP contribution in [0.1, 0.15) is 11.1 Å². The summed E-state index contributed by atoms with van der Waals surface area (Å²) in [5.74, 6) is 0.872. The molecule has 2 N–H and O–H groups in total. The number of nitrogens with one attached hydrogen (secondary N) is 2. The quantitative estimate of drug-likeness (QED) is 0.282. The normalized spacial score (nSPS) is 10.7. The van der Waals surface area contributed by atoms with Gasteiger partial charge in [0.05, 0.1) is 24.9 Å². The number of para-hydroxylation sites is 1. The van der Waals surface area contributed by atoms with Crippen molar-refractivity contribution in [3.05, 3.63) is 88.5 Å². The molecule has 0 aliphatic rings. The second kappa shape index (κ2) is 13.6. The molecule has 0 aliphatic carbocycles. The summed E-state index contributed by atoms with van der Waals surface area (Å²) in [5.41, 5.74) is 2.07. The number of carbonyl (C=O) groups excluding carboxylic acids is 2. The number of benzene rings is 3. The lowest BCUT2D eigenvalue weighted by atomic mass is 10.1. The van der Waals surface area contributed by atoms with Crippen LogP contribution in [0.25, 0.3) is 6.08 Å². The smallest absolute Gasteiger partial charge is 0.262 e. The lowest BCUT2D eigenvalue weighted by Crippen LogP contribution is -2.26. The van der Waals surface area contributed by atoms with Gasteiger partial charge in [0.25, 0.3) is 11.8 Å². The van der Waals surface area contributed by atoms with Crippen LogP contribution in [0.2, 0.25) is 5.02 Å². The highest BCUT2D eigenvalue weighted by Crippen LogP contribution is 2.27. The van der Waals surface area contributed by atoms with Crippen LogP contribution in [0.3, 0.4) is 0 Å². The maximum Gasteiger partial charge on any atom is 0.262 e. The van der Waals surface area contributed by atoms with Crippen molar-refractivity contribution in [3.63, 3.8) is 0 Å². The molecule has 0 unspecified atom stereocenters. The highest BCUT2D eigenvalue weighted by atomic mass is 35.5. The molecular formula is C28H26ClN3O5. The summed E-state index contributed by atoms with van der Waals surface area (Å²) in [5, 5.41) is 15.3. The lowest BCUT2D eigenvalue weighted by molar-refractivity contribution is -0.118. The van der Waals surface area contributed by atoms with E-state index in [0.717, 1.165) is 5.56 Å². The average Bonchev–Trinajstić information content (AvgIpc) is 2.92. The summed E-state index contributed by atoms with van der Waals surface area (Å²) >= 11 is 6.03. The first kappa shape index (κ1) is 27.1. The Morgan fingerprint density at radius 1 is 1.00 bits per heavy atom. The monoisotopic (exact) mass is 519 g/mol. The van der Waals surface area contributed by atoms with Gasteiger partial charge in [0.15, 0.2) is 18.1 Å². The van der Waals surface area contributed by atoms with Crippen molar-refractivity contribution >= 4 is 35.2 Å². The summed E-state index contributed by atoms with van der Waals surface area (Å²) < 4.78 is 16.0. The number of nitrogens with zero attached hydrogens (tertiary/aromatic N) is 1. The van der Waals surface area contributed by atoms with Gasteiger partial charge in [-0.25, -0.2) is 0 Å². The second-order valence-electron chi connectivity index (χ2n) is 7.75. The van der Waals surface area contributed by atoms with Crippen molar-refractivity contribution in [1.82, 2.24) is 5.32 Å². The minimum Gasteiger partial charge on any atom is -0.493 e. The fraction of sp³-hybridized carbons (Fsp3) is 0.179. The zero-order valence-electron chi connectivity index (χ0n) is 20.4. The number of methoxy groups -OCH3 is 2. The van der Waals surface area contributed by atoms with Crippen molar-refractivity contribution in [2.24, 2.45) is 0 Å². The molecule has 8 nitrogen and oxygen atoms in total. The van der Waals surface area contributed by atoms with Crippen LogP contribution in [0.4, 0.5) is 5.69 Å². The van der Waals surface area contributed by atoms with E-state index in [1.807, 2.05) is 18.2 Å². The molecule has 3 aromatic carbocycles. The molecule has 0 saturated heterocycles. The molecule has 0 saturated carbocycles. The van der Waals surface area contributed by atoms with Crippen molar-refractivity contribution in [2.45, 2.75) is 6.42 Å². The summed E-state index contributed by atoms with van der Waals surface area (Å²) in [6.07, 6.45) is 2.04. The third-order valence-electron chi connectivity index (χ3n) is 5.22. The van der Waals surface area contributed by atoms with E-state index in [1.165, 1.54) is 6.08 Å². The van der Waals surface area contributed by atoms with Gasteiger partial charge >= 0.3 is 0 Å². The fourth-order valence-electron chi connectivity index (χ4n) is 3.33. The number of hydrogen-bond donors (Lipinski definition) is 2. The Hall–Kier alpha value is -4.48. The summed E-state index contributed by atoms with van der Waals surface area (Å²) in [6.45, 7) is 0.142. The number of amides is 2. The summed E-state index contributed by atoms with van der Waals surface area (Å²) in [4.78, 5) is 24.6. The first-order valence-electron chi connectivity index (χ1n) is 11.3. The molecule has 0 aliphatic heterocycles. The molecular weight excluding hydrogens is 494 g/mol. The number of carbonyl (C=O) groups is 2. The highest BCUT2D eigenvalue weighted by Gasteiger charge is 2.10. The molecule has 0 heterocycles. The third-order valence-corrected chi connectivity index (χ3v) is 5.55. The van der Waals surface area contributed by atoms with Crippen LogP contribution in [0.15, 0.2) is 72.3 Å². The topological polar surface area (TPSA) is 110 Å². The highest BCUT2D eigenvalue weighted by molar-refractivity contribution is 6.33. The zero-order valence-corrected chi connectivity index (χ0v) is 21.2. The van der Waals surface area contributed by atoms with Gasteiger partial charge < -0.3 is 24.8 Å². The largest absolute Gasteiger partial charge is 0.493 e. The van der Waals surface area contributed by atoms with Crippen LogP contribution in [-0.4, -0.2) is 39.2 Å². The van der Waals surface area contributed by atoms with Crippen molar-refractivity contribution in [1.29, 1.82) is 5.26 Å². The fourth-order valence-corrected chi connectivity index (χ4v) is 3.51. The predicted octanol–water partition coefficient (Wildman–Crippen LogP) is 4.64. The van der Waals surface area contributed by atoms with Gasteiger partial charge in [0.1, 0.15) is 17.4 Å². The number of rotatable bonds is 11. The Labute approximate surface area is 220 Å². The van der Waals surface area contributed by atoms with E-state index in [0.29, 0.717) is 46.5 Å². The zero-order chi connectivity index (χ0) is 26.6. The van der Waals surface area contributed by atoms with Gasteiger partial charge in [-0.05, 0) is 60.0 Å². The molecule has 3 rings (SSSR count). The SMILES string of the molecule is COc1ccc(CCNC(=O)/C(C#N)=C/c2ccc(OCC(=O)Nc3ccccc3Cl)cc2)cc1OC. The van der Waals surface area contributed by atoms with Gasteiger partial charge in [0, 0.05) is 6.54 Å². The van der Waals surface area contributed by atoms with Crippen LogP contribution in [0, 0.1) is 11.3 Å². The van der Waals surface area contributed by atoms with Gasteiger partial charge in [-0.2, -0.15) is 5.26 Å². The number of ether oxygens (including phenoxy) is 3.